The van der Waals surface area contributed by atoms with Gasteiger partial charge in [0.15, 0.2) is 0 Å². The number of carbonyl (C=O) groups is 1. The molecule has 2 atom stereocenters. The van der Waals surface area contributed by atoms with Gasteiger partial charge in [-0.25, -0.2) is 14.2 Å². The van der Waals surface area contributed by atoms with Crippen LogP contribution in [0.1, 0.15) is 60.1 Å². The topological polar surface area (TPSA) is 86.8 Å². The maximum atomic E-state index is 14.9. The molecule has 6 nitrogen and oxygen atoms in total. The minimum atomic E-state index is -1.83. The molecule has 2 unspecified atom stereocenters. The van der Waals surface area contributed by atoms with Gasteiger partial charge < -0.3 is 14.6 Å². The van der Waals surface area contributed by atoms with Crippen LogP contribution in [0.2, 0.25) is 0 Å². The predicted octanol–water partition coefficient (Wildman–Crippen LogP) is 5.88. The fourth-order valence-corrected chi connectivity index (χ4v) is 4.97. The van der Waals surface area contributed by atoms with Crippen LogP contribution >= 0.6 is 0 Å². The van der Waals surface area contributed by atoms with Gasteiger partial charge in [0.2, 0.25) is 5.89 Å². The number of oxazole rings is 1. The Hall–Kier alpha value is -3.19. The van der Waals surface area contributed by atoms with Crippen LogP contribution in [0.5, 0.6) is 0 Å². The highest BCUT2D eigenvalue weighted by atomic mass is 19.1. The zero-order valence-electron chi connectivity index (χ0n) is 18.3. The van der Waals surface area contributed by atoms with E-state index in [0.29, 0.717) is 11.8 Å². The Morgan fingerprint density at radius 3 is 2.52 bits per heavy atom. The summed E-state index contributed by atoms with van der Waals surface area (Å²) in [6.45, 7) is 1.91. The first-order valence-corrected chi connectivity index (χ1v) is 11.5. The van der Waals surface area contributed by atoms with Gasteiger partial charge in [0.1, 0.15) is 11.6 Å². The Bertz CT molecular complexity index is 1140. The second kappa shape index (κ2) is 8.98. The highest BCUT2D eigenvalue weighted by Gasteiger charge is 2.41. The molecule has 6 rings (SSSR count). The van der Waals surface area contributed by atoms with E-state index in [-0.39, 0.29) is 11.7 Å². The SMILES string of the molecule is Fc1cc(-c2nc3c(o2)CCN(C2CCC2)C3)ccc1C1CC1c1ccccc1.O=C(O)O. The van der Waals surface area contributed by atoms with E-state index >= 15 is 0 Å². The zero-order chi connectivity index (χ0) is 22.9. The molecule has 3 aliphatic rings. The summed E-state index contributed by atoms with van der Waals surface area (Å²) in [4.78, 5) is 15.8. The second-order valence-electron chi connectivity index (χ2n) is 9.07. The van der Waals surface area contributed by atoms with Gasteiger partial charge in [0.05, 0.1) is 5.69 Å². The Labute approximate surface area is 191 Å². The molecule has 2 aromatic carbocycles. The van der Waals surface area contributed by atoms with Crippen molar-refractivity contribution in [3.8, 4) is 11.5 Å². The van der Waals surface area contributed by atoms with E-state index in [9.17, 15) is 4.39 Å². The lowest BCUT2D eigenvalue weighted by Crippen LogP contribution is -2.42. The number of hydrogen-bond acceptors (Lipinski definition) is 4. The summed E-state index contributed by atoms with van der Waals surface area (Å²) in [6, 6.07) is 16.6. The molecular weight excluding hydrogens is 423 g/mol. The van der Waals surface area contributed by atoms with Crippen molar-refractivity contribution in [3.05, 3.63) is 76.9 Å². The first kappa shape index (κ1) is 21.6. The highest BCUT2D eigenvalue weighted by Crippen LogP contribution is 2.55. The van der Waals surface area contributed by atoms with Crippen molar-refractivity contribution >= 4 is 6.16 Å². The van der Waals surface area contributed by atoms with Crippen molar-refractivity contribution in [1.29, 1.82) is 0 Å². The normalized spacial score (nSPS) is 22.0. The van der Waals surface area contributed by atoms with Gasteiger partial charge in [-0.1, -0.05) is 42.8 Å². The number of halogens is 1. The largest absolute Gasteiger partial charge is 0.503 e. The van der Waals surface area contributed by atoms with E-state index in [1.807, 2.05) is 18.2 Å². The summed E-state index contributed by atoms with van der Waals surface area (Å²) < 4.78 is 21.0. The van der Waals surface area contributed by atoms with Crippen LogP contribution in [0, 0.1) is 5.82 Å². The number of rotatable bonds is 4. The number of benzene rings is 2. The van der Waals surface area contributed by atoms with Crippen molar-refractivity contribution in [2.24, 2.45) is 0 Å². The molecule has 0 amide bonds. The molecule has 2 aliphatic carbocycles. The van der Waals surface area contributed by atoms with E-state index in [1.165, 1.54) is 24.8 Å². The molecule has 0 saturated heterocycles. The van der Waals surface area contributed by atoms with Crippen molar-refractivity contribution in [2.75, 3.05) is 6.54 Å². The first-order valence-electron chi connectivity index (χ1n) is 11.5. The van der Waals surface area contributed by atoms with Gasteiger partial charge in [-0.2, -0.15) is 0 Å². The summed E-state index contributed by atoms with van der Waals surface area (Å²) in [6.07, 6.45) is 4.04. The Morgan fingerprint density at radius 1 is 1.09 bits per heavy atom. The van der Waals surface area contributed by atoms with Crippen molar-refractivity contribution in [1.82, 2.24) is 9.88 Å². The van der Waals surface area contributed by atoms with E-state index in [0.717, 1.165) is 54.6 Å². The fourth-order valence-electron chi connectivity index (χ4n) is 4.97. The predicted molar refractivity (Wildman–Crippen MR) is 121 cm³/mol. The maximum Gasteiger partial charge on any atom is 0.503 e. The molecule has 172 valence electrons. The van der Waals surface area contributed by atoms with Crippen LogP contribution in [0.3, 0.4) is 0 Å². The smallest absolute Gasteiger partial charge is 0.450 e. The summed E-state index contributed by atoms with van der Waals surface area (Å²) in [5.41, 5.74) is 3.90. The monoisotopic (exact) mass is 450 g/mol. The van der Waals surface area contributed by atoms with Crippen LogP contribution in [0.4, 0.5) is 9.18 Å². The molecule has 2 fully saturated rings. The second-order valence-corrected chi connectivity index (χ2v) is 9.07. The van der Waals surface area contributed by atoms with Gasteiger partial charge in [-0.3, -0.25) is 4.90 Å². The molecule has 0 bridgehead atoms. The number of hydrogen-bond donors (Lipinski definition) is 2. The Kier molecular flexibility index (Phi) is 5.89. The molecular formula is C26H27FN2O4. The number of fused-ring (bicyclic) bond motifs is 1. The van der Waals surface area contributed by atoms with E-state index in [1.54, 1.807) is 6.07 Å². The lowest BCUT2D eigenvalue weighted by Gasteiger charge is -2.38. The lowest BCUT2D eigenvalue weighted by molar-refractivity contribution is 0.108. The maximum absolute atomic E-state index is 14.9. The van der Waals surface area contributed by atoms with Crippen molar-refractivity contribution in [2.45, 2.75) is 56.5 Å². The summed E-state index contributed by atoms with van der Waals surface area (Å²) in [5, 5.41) is 13.9. The van der Waals surface area contributed by atoms with Crippen LogP contribution < -0.4 is 0 Å². The quantitative estimate of drug-likeness (QED) is 0.516. The number of carboxylic acid groups (broad SMARTS) is 2. The van der Waals surface area contributed by atoms with E-state index < -0.39 is 6.16 Å². The average molecular weight is 451 g/mol. The first-order chi connectivity index (χ1) is 16.0. The highest BCUT2D eigenvalue weighted by molar-refractivity contribution is 5.56. The summed E-state index contributed by atoms with van der Waals surface area (Å²) >= 11 is 0. The van der Waals surface area contributed by atoms with Crippen molar-refractivity contribution < 1.29 is 23.8 Å². The molecule has 1 aliphatic heterocycles. The molecule has 2 N–H and O–H groups in total. The molecule has 0 spiro atoms. The van der Waals surface area contributed by atoms with Crippen LogP contribution in [-0.2, 0) is 13.0 Å². The molecule has 0 radical (unpaired) electrons. The zero-order valence-corrected chi connectivity index (χ0v) is 18.3. The van der Waals surface area contributed by atoms with Crippen LogP contribution in [0.25, 0.3) is 11.5 Å². The van der Waals surface area contributed by atoms with Gasteiger partial charge in [0.25, 0.3) is 0 Å². The molecule has 33 heavy (non-hydrogen) atoms. The third kappa shape index (κ3) is 4.64. The minimum Gasteiger partial charge on any atom is -0.450 e. The number of nitrogens with zero attached hydrogens (tertiary/aromatic N) is 2. The molecule has 2 heterocycles. The lowest BCUT2D eigenvalue weighted by atomic mass is 9.90. The summed E-state index contributed by atoms with van der Waals surface area (Å²) in [7, 11) is 0. The molecule has 7 heteroatoms. The van der Waals surface area contributed by atoms with Gasteiger partial charge in [0, 0.05) is 31.1 Å². The van der Waals surface area contributed by atoms with E-state index in [4.69, 9.17) is 24.4 Å². The molecule has 3 aromatic rings. The molecule has 2 saturated carbocycles. The van der Waals surface area contributed by atoms with Gasteiger partial charge >= 0.3 is 6.16 Å². The van der Waals surface area contributed by atoms with Crippen LogP contribution in [0.15, 0.2) is 52.9 Å². The molecule has 1 aromatic heterocycles. The fraction of sp³-hybridized carbons (Fsp3) is 0.385. The summed E-state index contributed by atoms with van der Waals surface area (Å²) in [5.74, 6) is 2.11. The van der Waals surface area contributed by atoms with Gasteiger partial charge in [-0.05, 0) is 54.4 Å². The standard InChI is InChI=1S/C25H25FN2O.CH2O3/c26-22-13-17(9-10-19(22)21-14-20(21)16-5-2-1-3-6-16)25-27-23-15-28(18-7-4-8-18)12-11-24(23)29-25;2-1(3)4/h1-3,5-6,9-10,13,18,20-21H,4,7-8,11-12,14-15H2;(H2,2,3,4). The third-order valence-electron chi connectivity index (χ3n) is 7.01. The average Bonchev–Trinajstić information content (AvgIpc) is 3.43. The minimum absolute atomic E-state index is 0.141. The number of aromatic nitrogens is 1. The van der Waals surface area contributed by atoms with Crippen LogP contribution in [-0.4, -0.2) is 38.8 Å². The third-order valence-corrected chi connectivity index (χ3v) is 7.01. The van der Waals surface area contributed by atoms with Gasteiger partial charge in [-0.15, -0.1) is 0 Å². The Morgan fingerprint density at radius 2 is 1.85 bits per heavy atom. The van der Waals surface area contributed by atoms with Crippen molar-refractivity contribution in [3.63, 3.8) is 0 Å². The van der Waals surface area contributed by atoms with E-state index in [2.05, 4.69) is 29.2 Å². The Balaban J connectivity index is 0.000000531.